The summed E-state index contributed by atoms with van der Waals surface area (Å²) >= 11 is 2.20. The molecule has 7 nitrogen and oxygen atoms in total. The van der Waals surface area contributed by atoms with Gasteiger partial charge in [-0.05, 0) is 74.8 Å². The van der Waals surface area contributed by atoms with Crippen LogP contribution in [0.5, 0.6) is 23.0 Å². The molecule has 0 aliphatic heterocycles. The van der Waals surface area contributed by atoms with E-state index in [-0.39, 0.29) is 5.91 Å². The molecule has 0 aliphatic carbocycles. The molecule has 0 radical (unpaired) electrons. The van der Waals surface area contributed by atoms with Gasteiger partial charge in [-0.15, -0.1) is 0 Å². The van der Waals surface area contributed by atoms with E-state index in [0.29, 0.717) is 35.2 Å². The number of benzene rings is 4. The van der Waals surface area contributed by atoms with Gasteiger partial charge in [0.2, 0.25) is 0 Å². The summed E-state index contributed by atoms with van der Waals surface area (Å²) in [5.74, 6) is 1.87. The van der Waals surface area contributed by atoms with E-state index < -0.39 is 0 Å². The number of hydrazone groups is 1. The number of carbonyl (C=O) groups is 1. The second-order valence-electron chi connectivity index (χ2n) is 7.73. The lowest BCUT2D eigenvalue weighted by molar-refractivity contribution is 0.0954. The lowest BCUT2D eigenvalue weighted by Crippen LogP contribution is -2.17. The summed E-state index contributed by atoms with van der Waals surface area (Å²) in [6.45, 7) is 0.405. The minimum Gasteiger partial charge on any atom is -0.493 e. The third-order valence-electron chi connectivity index (χ3n) is 5.53. The molecular formula is C28H25IN2O5. The van der Waals surface area contributed by atoms with Gasteiger partial charge in [0.1, 0.15) is 6.61 Å². The van der Waals surface area contributed by atoms with Crippen molar-refractivity contribution in [1.29, 1.82) is 0 Å². The first-order valence-corrected chi connectivity index (χ1v) is 12.1. The number of fused-ring (bicyclic) bond motifs is 1. The van der Waals surface area contributed by atoms with Crippen molar-refractivity contribution in [2.24, 2.45) is 5.10 Å². The fraction of sp³-hybridized carbons (Fsp3) is 0.143. The molecule has 0 saturated carbocycles. The van der Waals surface area contributed by atoms with Crippen molar-refractivity contribution < 1.29 is 23.7 Å². The highest BCUT2D eigenvalue weighted by molar-refractivity contribution is 14.1. The zero-order chi connectivity index (χ0) is 25.5. The van der Waals surface area contributed by atoms with Crippen molar-refractivity contribution in [3.05, 3.63) is 93.1 Å². The number of halogens is 1. The summed E-state index contributed by atoms with van der Waals surface area (Å²) in [5.41, 5.74) is 4.77. The number of hydrogen-bond acceptors (Lipinski definition) is 6. The van der Waals surface area contributed by atoms with Crippen molar-refractivity contribution >= 4 is 45.5 Å². The van der Waals surface area contributed by atoms with Gasteiger partial charge in [-0.25, -0.2) is 5.43 Å². The quantitative estimate of drug-likeness (QED) is 0.150. The zero-order valence-electron chi connectivity index (χ0n) is 20.1. The number of hydrogen-bond donors (Lipinski definition) is 1. The van der Waals surface area contributed by atoms with E-state index in [4.69, 9.17) is 18.9 Å². The molecule has 0 heterocycles. The third-order valence-corrected chi connectivity index (χ3v) is 6.33. The number of amides is 1. The Kier molecular flexibility index (Phi) is 8.27. The summed E-state index contributed by atoms with van der Waals surface area (Å²) < 4.78 is 23.1. The van der Waals surface area contributed by atoms with E-state index in [0.717, 1.165) is 20.1 Å². The van der Waals surface area contributed by atoms with Gasteiger partial charge >= 0.3 is 0 Å². The second-order valence-corrected chi connectivity index (χ2v) is 8.89. The van der Waals surface area contributed by atoms with Crippen LogP contribution in [0.15, 0.2) is 77.9 Å². The maximum atomic E-state index is 12.5. The van der Waals surface area contributed by atoms with Crippen LogP contribution in [-0.4, -0.2) is 33.5 Å². The fourth-order valence-electron chi connectivity index (χ4n) is 3.73. The Labute approximate surface area is 223 Å². The molecule has 4 aromatic rings. The molecule has 0 aromatic heterocycles. The summed E-state index contributed by atoms with van der Waals surface area (Å²) in [6.07, 6.45) is 1.55. The first-order valence-electron chi connectivity index (χ1n) is 11.1. The van der Waals surface area contributed by atoms with Crippen LogP contribution in [0, 0.1) is 3.57 Å². The predicted molar refractivity (Wildman–Crippen MR) is 149 cm³/mol. The van der Waals surface area contributed by atoms with Crippen LogP contribution in [0.4, 0.5) is 0 Å². The van der Waals surface area contributed by atoms with Gasteiger partial charge < -0.3 is 18.9 Å². The molecule has 4 aromatic carbocycles. The van der Waals surface area contributed by atoms with E-state index in [2.05, 4.69) is 57.4 Å². The minimum atomic E-state index is -0.371. The van der Waals surface area contributed by atoms with Gasteiger partial charge in [-0.1, -0.05) is 42.5 Å². The number of carbonyl (C=O) groups excluding carboxylic acids is 1. The SMILES string of the molecule is COc1ccc(C(=O)N/N=C/c2cc(I)c(OCc3cccc4ccccc34)c(OC)c2)cc1OC. The monoisotopic (exact) mass is 596 g/mol. The molecule has 0 atom stereocenters. The van der Waals surface area contributed by atoms with Gasteiger partial charge in [0.25, 0.3) is 5.91 Å². The van der Waals surface area contributed by atoms with Gasteiger partial charge in [-0.3, -0.25) is 4.79 Å². The minimum absolute atomic E-state index is 0.371. The van der Waals surface area contributed by atoms with Crippen LogP contribution in [0.1, 0.15) is 21.5 Å². The van der Waals surface area contributed by atoms with Crippen LogP contribution in [0.2, 0.25) is 0 Å². The Morgan fingerprint density at radius 1 is 0.889 bits per heavy atom. The van der Waals surface area contributed by atoms with Crippen LogP contribution in [0.3, 0.4) is 0 Å². The number of ether oxygens (including phenoxy) is 4. The average Bonchev–Trinajstić information content (AvgIpc) is 2.91. The highest BCUT2D eigenvalue weighted by Crippen LogP contribution is 2.35. The zero-order valence-corrected chi connectivity index (χ0v) is 22.2. The van der Waals surface area contributed by atoms with E-state index in [1.165, 1.54) is 19.6 Å². The number of methoxy groups -OCH3 is 3. The number of nitrogens with one attached hydrogen (secondary N) is 1. The van der Waals surface area contributed by atoms with Crippen molar-refractivity contribution in [3.63, 3.8) is 0 Å². The van der Waals surface area contributed by atoms with Gasteiger partial charge in [-0.2, -0.15) is 5.10 Å². The molecule has 1 amide bonds. The van der Waals surface area contributed by atoms with Crippen LogP contribution >= 0.6 is 22.6 Å². The largest absolute Gasteiger partial charge is 0.493 e. The highest BCUT2D eigenvalue weighted by Gasteiger charge is 2.13. The molecule has 0 saturated heterocycles. The molecule has 184 valence electrons. The standard InChI is InChI=1S/C28H25IN2O5/c1-33-24-12-11-20(15-25(24)34-2)28(32)31-30-16-18-13-23(29)27(26(14-18)35-3)36-17-21-9-6-8-19-7-4-5-10-22(19)21/h4-16H,17H2,1-3H3,(H,31,32)/b30-16+. The molecule has 36 heavy (non-hydrogen) atoms. The summed E-state index contributed by atoms with van der Waals surface area (Å²) in [7, 11) is 4.65. The summed E-state index contributed by atoms with van der Waals surface area (Å²) in [6, 6.07) is 23.0. The number of nitrogens with zero attached hydrogens (tertiary/aromatic N) is 1. The van der Waals surface area contributed by atoms with Crippen molar-refractivity contribution in [3.8, 4) is 23.0 Å². The van der Waals surface area contributed by atoms with Crippen LogP contribution in [-0.2, 0) is 6.61 Å². The molecule has 8 heteroatoms. The average molecular weight is 596 g/mol. The Morgan fingerprint density at radius 3 is 2.42 bits per heavy atom. The Morgan fingerprint density at radius 2 is 1.64 bits per heavy atom. The molecular weight excluding hydrogens is 571 g/mol. The molecule has 0 bridgehead atoms. The Hall–Kier alpha value is -3.79. The molecule has 0 unspecified atom stereocenters. The van der Waals surface area contributed by atoms with Gasteiger partial charge in [0.05, 0.1) is 31.1 Å². The lowest BCUT2D eigenvalue weighted by atomic mass is 10.1. The van der Waals surface area contributed by atoms with E-state index >= 15 is 0 Å². The summed E-state index contributed by atoms with van der Waals surface area (Å²) in [5, 5.41) is 6.42. The number of rotatable bonds is 9. The maximum absolute atomic E-state index is 12.5. The van der Waals surface area contributed by atoms with Gasteiger partial charge in [0, 0.05) is 5.56 Å². The second kappa shape index (κ2) is 11.8. The lowest BCUT2D eigenvalue weighted by Gasteiger charge is -2.14. The maximum Gasteiger partial charge on any atom is 0.271 e. The van der Waals surface area contributed by atoms with Gasteiger partial charge in [0.15, 0.2) is 23.0 Å². The Bertz CT molecular complexity index is 1420. The first-order chi connectivity index (χ1) is 17.5. The first kappa shape index (κ1) is 25.3. The third kappa shape index (κ3) is 5.71. The van der Waals surface area contributed by atoms with Crippen molar-refractivity contribution in [2.45, 2.75) is 6.61 Å². The molecule has 0 spiro atoms. The van der Waals surface area contributed by atoms with E-state index in [1.807, 2.05) is 30.3 Å². The predicted octanol–water partition coefficient (Wildman–Crippen LogP) is 5.81. The fourth-order valence-corrected chi connectivity index (χ4v) is 4.51. The van der Waals surface area contributed by atoms with E-state index in [1.54, 1.807) is 31.5 Å². The Balaban J connectivity index is 1.47. The van der Waals surface area contributed by atoms with E-state index in [9.17, 15) is 4.79 Å². The van der Waals surface area contributed by atoms with Crippen LogP contribution < -0.4 is 24.4 Å². The van der Waals surface area contributed by atoms with Crippen molar-refractivity contribution in [1.82, 2.24) is 5.43 Å². The molecule has 4 rings (SSSR count). The smallest absolute Gasteiger partial charge is 0.271 e. The topological polar surface area (TPSA) is 78.4 Å². The van der Waals surface area contributed by atoms with Crippen LogP contribution in [0.25, 0.3) is 10.8 Å². The normalized spacial score (nSPS) is 10.9. The summed E-state index contributed by atoms with van der Waals surface area (Å²) in [4.78, 5) is 12.5. The van der Waals surface area contributed by atoms with Crippen molar-refractivity contribution in [2.75, 3.05) is 21.3 Å². The molecule has 0 fully saturated rings. The molecule has 1 N–H and O–H groups in total. The highest BCUT2D eigenvalue weighted by atomic mass is 127. The molecule has 0 aliphatic rings.